The lowest BCUT2D eigenvalue weighted by atomic mass is 10.1. The number of fused-ring (bicyclic) bond motifs is 1. The van der Waals surface area contributed by atoms with Crippen molar-refractivity contribution in [2.45, 2.75) is 44.9 Å². The Kier molecular flexibility index (Phi) is 6.15. The zero-order chi connectivity index (χ0) is 17.6. The second kappa shape index (κ2) is 8.54. The van der Waals surface area contributed by atoms with Gasteiger partial charge in [0, 0.05) is 19.1 Å². The van der Waals surface area contributed by atoms with Gasteiger partial charge >= 0.3 is 6.03 Å². The van der Waals surface area contributed by atoms with Gasteiger partial charge in [-0.25, -0.2) is 4.79 Å². The monoisotopic (exact) mass is 347 g/mol. The number of amides is 2. The summed E-state index contributed by atoms with van der Waals surface area (Å²) in [5.74, 6) is 0.824. The summed E-state index contributed by atoms with van der Waals surface area (Å²) >= 11 is 0. The third-order valence-corrected chi connectivity index (χ3v) is 4.97. The van der Waals surface area contributed by atoms with E-state index in [9.17, 15) is 4.79 Å². The zero-order valence-electron chi connectivity index (χ0n) is 15.2. The molecule has 0 spiro atoms. The number of hydrogen-bond acceptors (Lipinski definition) is 4. The van der Waals surface area contributed by atoms with E-state index < -0.39 is 0 Å². The minimum atomic E-state index is -0.165. The maximum atomic E-state index is 12.2. The van der Waals surface area contributed by atoms with Crippen molar-refractivity contribution in [3.8, 4) is 5.75 Å². The van der Waals surface area contributed by atoms with Crippen LogP contribution < -0.4 is 15.4 Å². The summed E-state index contributed by atoms with van der Waals surface area (Å²) in [4.78, 5) is 14.7. The molecule has 0 aromatic heterocycles. The Labute approximate surface area is 149 Å². The molecule has 2 aliphatic heterocycles. The number of carbonyl (C=O) groups excluding carboxylic acids is 1. The van der Waals surface area contributed by atoms with E-state index in [1.807, 2.05) is 38.1 Å². The number of ether oxygens (including phenoxy) is 2. The fourth-order valence-corrected chi connectivity index (χ4v) is 3.59. The molecule has 0 bridgehead atoms. The van der Waals surface area contributed by atoms with Crippen LogP contribution in [0.15, 0.2) is 24.3 Å². The molecule has 1 aromatic rings. The normalized spacial score (nSPS) is 24.4. The zero-order valence-corrected chi connectivity index (χ0v) is 15.2. The van der Waals surface area contributed by atoms with E-state index >= 15 is 0 Å². The standard InChI is InChI=1S/C19H29N3O3/c1-3-24-17-8-4-6-15(10-17)14(2)21-19(23)20-11-18-12-22-9-5-7-16(22)13-25-18/h4,6,8,10,14,16,18H,3,5,7,9,11-13H2,1-2H3,(H2,20,21,23)/t14-,16-,18-/m0/s1. The number of rotatable bonds is 6. The first-order valence-corrected chi connectivity index (χ1v) is 9.28. The summed E-state index contributed by atoms with van der Waals surface area (Å²) in [7, 11) is 0. The fourth-order valence-electron chi connectivity index (χ4n) is 3.59. The van der Waals surface area contributed by atoms with Crippen molar-refractivity contribution in [2.75, 3.05) is 32.8 Å². The van der Waals surface area contributed by atoms with Crippen molar-refractivity contribution in [1.82, 2.24) is 15.5 Å². The fraction of sp³-hybridized carbons (Fsp3) is 0.632. The molecule has 138 valence electrons. The van der Waals surface area contributed by atoms with Crippen LogP contribution in [0.4, 0.5) is 4.79 Å². The Morgan fingerprint density at radius 1 is 1.48 bits per heavy atom. The predicted molar refractivity (Wildman–Crippen MR) is 96.9 cm³/mol. The van der Waals surface area contributed by atoms with E-state index in [-0.39, 0.29) is 18.2 Å². The Balaban J connectivity index is 1.43. The van der Waals surface area contributed by atoms with E-state index in [0.717, 1.165) is 31.0 Å². The van der Waals surface area contributed by atoms with Gasteiger partial charge in [0.1, 0.15) is 5.75 Å². The van der Waals surface area contributed by atoms with Crippen LogP contribution in [-0.2, 0) is 4.74 Å². The molecule has 3 atom stereocenters. The highest BCUT2D eigenvalue weighted by molar-refractivity contribution is 5.74. The van der Waals surface area contributed by atoms with Crippen molar-refractivity contribution in [3.63, 3.8) is 0 Å². The van der Waals surface area contributed by atoms with Crippen LogP contribution in [0, 0.1) is 0 Å². The van der Waals surface area contributed by atoms with E-state index in [0.29, 0.717) is 19.2 Å². The molecule has 2 aliphatic rings. The lowest BCUT2D eigenvalue weighted by molar-refractivity contribution is -0.0458. The van der Waals surface area contributed by atoms with Crippen LogP contribution in [0.25, 0.3) is 0 Å². The van der Waals surface area contributed by atoms with Gasteiger partial charge < -0.3 is 20.1 Å². The van der Waals surface area contributed by atoms with Crippen molar-refractivity contribution in [3.05, 3.63) is 29.8 Å². The lowest BCUT2D eigenvalue weighted by Gasteiger charge is -2.35. The second-order valence-electron chi connectivity index (χ2n) is 6.83. The van der Waals surface area contributed by atoms with Crippen molar-refractivity contribution < 1.29 is 14.3 Å². The number of hydrogen-bond donors (Lipinski definition) is 2. The summed E-state index contributed by atoms with van der Waals surface area (Å²) in [5, 5.41) is 5.92. The van der Waals surface area contributed by atoms with Gasteiger partial charge in [-0.15, -0.1) is 0 Å². The van der Waals surface area contributed by atoms with E-state index in [1.165, 1.54) is 12.8 Å². The van der Waals surface area contributed by atoms with E-state index in [4.69, 9.17) is 9.47 Å². The summed E-state index contributed by atoms with van der Waals surface area (Å²) < 4.78 is 11.4. The Bertz CT molecular complexity index is 581. The third-order valence-electron chi connectivity index (χ3n) is 4.97. The Hall–Kier alpha value is -1.79. The van der Waals surface area contributed by atoms with E-state index in [1.54, 1.807) is 0 Å². The molecule has 25 heavy (non-hydrogen) atoms. The van der Waals surface area contributed by atoms with Crippen LogP contribution in [-0.4, -0.2) is 55.9 Å². The van der Waals surface area contributed by atoms with Gasteiger partial charge in [-0.1, -0.05) is 12.1 Å². The van der Waals surface area contributed by atoms with Crippen LogP contribution in [0.2, 0.25) is 0 Å². The van der Waals surface area contributed by atoms with Gasteiger partial charge in [-0.05, 0) is 50.9 Å². The van der Waals surface area contributed by atoms with Gasteiger partial charge in [-0.3, -0.25) is 4.90 Å². The van der Waals surface area contributed by atoms with Crippen LogP contribution in [0.3, 0.4) is 0 Å². The number of morpholine rings is 1. The molecule has 6 heteroatoms. The average Bonchev–Trinajstić information content (AvgIpc) is 3.08. The number of nitrogens with zero attached hydrogens (tertiary/aromatic N) is 1. The quantitative estimate of drug-likeness (QED) is 0.829. The molecule has 1 aromatic carbocycles. The molecule has 2 N–H and O–H groups in total. The van der Waals surface area contributed by atoms with Crippen LogP contribution in [0.5, 0.6) is 5.75 Å². The highest BCUT2D eigenvalue weighted by Gasteiger charge is 2.32. The van der Waals surface area contributed by atoms with Gasteiger partial charge in [0.15, 0.2) is 0 Å². The smallest absolute Gasteiger partial charge is 0.315 e. The van der Waals surface area contributed by atoms with Gasteiger partial charge in [0.05, 0.1) is 25.4 Å². The molecule has 2 saturated heterocycles. The SMILES string of the molecule is CCOc1cccc([C@H](C)NC(=O)NC[C@H]2CN3CCC[C@H]3CO2)c1. The first-order valence-electron chi connectivity index (χ1n) is 9.28. The minimum Gasteiger partial charge on any atom is -0.494 e. The molecule has 0 unspecified atom stereocenters. The molecule has 0 aliphatic carbocycles. The molecular weight excluding hydrogens is 318 g/mol. The topological polar surface area (TPSA) is 62.8 Å². The Morgan fingerprint density at radius 3 is 3.20 bits per heavy atom. The number of nitrogens with one attached hydrogen (secondary N) is 2. The summed E-state index contributed by atoms with van der Waals surface area (Å²) in [6.07, 6.45) is 2.57. The molecule has 2 amide bonds. The lowest BCUT2D eigenvalue weighted by Crippen LogP contribution is -2.51. The largest absolute Gasteiger partial charge is 0.494 e. The molecule has 2 fully saturated rings. The number of urea groups is 1. The van der Waals surface area contributed by atoms with Gasteiger partial charge in [0.2, 0.25) is 0 Å². The van der Waals surface area contributed by atoms with Gasteiger partial charge in [0.25, 0.3) is 0 Å². The highest BCUT2D eigenvalue weighted by Crippen LogP contribution is 2.22. The van der Waals surface area contributed by atoms with E-state index in [2.05, 4.69) is 15.5 Å². The minimum absolute atomic E-state index is 0.0803. The summed E-state index contributed by atoms with van der Waals surface area (Å²) in [6, 6.07) is 8.15. The van der Waals surface area contributed by atoms with Crippen molar-refractivity contribution in [1.29, 1.82) is 0 Å². The van der Waals surface area contributed by atoms with Crippen molar-refractivity contribution >= 4 is 6.03 Å². The highest BCUT2D eigenvalue weighted by atomic mass is 16.5. The Morgan fingerprint density at radius 2 is 2.36 bits per heavy atom. The average molecular weight is 347 g/mol. The molecule has 2 heterocycles. The predicted octanol–water partition coefficient (Wildman–Crippen LogP) is 2.31. The van der Waals surface area contributed by atoms with Crippen LogP contribution in [0.1, 0.15) is 38.3 Å². The van der Waals surface area contributed by atoms with Gasteiger partial charge in [-0.2, -0.15) is 0 Å². The molecule has 3 rings (SSSR count). The maximum absolute atomic E-state index is 12.2. The maximum Gasteiger partial charge on any atom is 0.315 e. The second-order valence-corrected chi connectivity index (χ2v) is 6.83. The molecule has 0 radical (unpaired) electrons. The summed E-state index contributed by atoms with van der Waals surface area (Å²) in [6.45, 7) is 7.96. The number of benzene rings is 1. The van der Waals surface area contributed by atoms with Crippen LogP contribution >= 0.6 is 0 Å². The molecular formula is C19H29N3O3. The molecule has 6 nitrogen and oxygen atoms in total. The summed E-state index contributed by atoms with van der Waals surface area (Å²) in [5.41, 5.74) is 1.02. The number of carbonyl (C=O) groups is 1. The first kappa shape index (κ1) is 18.0. The molecule has 0 saturated carbocycles. The first-order chi connectivity index (χ1) is 12.2. The van der Waals surface area contributed by atoms with Crippen molar-refractivity contribution in [2.24, 2.45) is 0 Å². The third kappa shape index (κ3) is 4.86.